The Balaban J connectivity index is 2.44. The van der Waals surface area contributed by atoms with Crippen molar-refractivity contribution in [3.05, 3.63) is 28.2 Å². The van der Waals surface area contributed by atoms with Crippen molar-refractivity contribution in [2.24, 2.45) is 0 Å². The Morgan fingerprint density at radius 1 is 1.20 bits per heavy atom. The molecule has 0 bridgehead atoms. The van der Waals surface area contributed by atoms with Gasteiger partial charge in [-0.1, -0.05) is 11.6 Å². The lowest BCUT2D eigenvalue weighted by Crippen LogP contribution is -1.98. The first-order chi connectivity index (χ1) is 9.60. The van der Waals surface area contributed by atoms with Crippen LogP contribution in [0.15, 0.2) is 18.2 Å². The minimum absolute atomic E-state index is 0.131. The van der Waals surface area contributed by atoms with Crippen molar-refractivity contribution in [3.63, 3.8) is 0 Å². The van der Waals surface area contributed by atoms with Crippen LogP contribution in [0.5, 0.6) is 11.5 Å². The maximum Gasteiger partial charge on any atom is 0.351 e. The molecule has 0 fully saturated rings. The molecule has 0 saturated carbocycles. The molecule has 0 spiro atoms. The smallest absolute Gasteiger partial charge is 0.351 e. The number of thiazole rings is 1. The highest BCUT2D eigenvalue weighted by Gasteiger charge is 2.18. The molecule has 20 heavy (non-hydrogen) atoms. The van der Waals surface area contributed by atoms with Gasteiger partial charge in [-0.05, 0) is 18.2 Å². The second-order valence-corrected chi connectivity index (χ2v) is 5.06. The van der Waals surface area contributed by atoms with Gasteiger partial charge in [0.1, 0.15) is 5.01 Å². The summed E-state index contributed by atoms with van der Waals surface area (Å²) in [5, 5.41) is 0.739. The van der Waals surface area contributed by atoms with Gasteiger partial charge < -0.3 is 14.2 Å². The number of esters is 1. The van der Waals surface area contributed by atoms with Crippen molar-refractivity contribution in [3.8, 4) is 22.1 Å². The molecule has 0 saturated heterocycles. The molecule has 0 aliphatic rings. The lowest BCUT2D eigenvalue weighted by molar-refractivity contribution is 0.0606. The summed E-state index contributed by atoms with van der Waals surface area (Å²) in [4.78, 5) is 16.0. The van der Waals surface area contributed by atoms with E-state index in [0.29, 0.717) is 16.5 Å². The number of hydrogen-bond acceptors (Lipinski definition) is 6. The third kappa shape index (κ3) is 2.71. The maximum atomic E-state index is 11.5. The van der Waals surface area contributed by atoms with Crippen LogP contribution in [0.1, 0.15) is 9.67 Å². The Labute approximate surface area is 125 Å². The fourth-order valence-electron chi connectivity index (χ4n) is 1.61. The highest BCUT2D eigenvalue weighted by molar-refractivity contribution is 7.17. The second-order valence-electron chi connectivity index (χ2n) is 3.70. The summed E-state index contributed by atoms with van der Waals surface area (Å²) >= 11 is 7.11. The Hall–Kier alpha value is -1.79. The quantitative estimate of drug-likeness (QED) is 0.811. The van der Waals surface area contributed by atoms with E-state index in [9.17, 15) is 4.79 Å². The number of nitrogens with zero attached hydrogens (tertiary/aromatic N) is 1. The zero-order valence-corrected chi connectivity index (χ0v) is 12.7. The van der Waals surface area contributed by atoms with Gasteiger partial charge in [0.2, 0.25) is 0 Å². The van der Waals surface area contributed by atoms with Crippen LogP contribution < -0.4 is 9.47 Å². The van der Waals surface area contributed by atoms with E-state index >= 15 is 0 Å². The number of halogens is 1. The van der Waals surface area contributed by atoms with Gasteiger partial charge in [0.05, 0.1) is 21.3 Å². The van der Waals surface area contributed by atoms with E-state index in [4.69, 9.17) is 21.1 Å². The minimum Gasteiger partial charge on any atom is -0.493 e. The lowest BCUT2D eigenvalue weighted by atomic mass is 10.2. The van der Waals surface area contributed by atoms with Crippen molar-refractivity contribution in [1.29, 1.82) is 0 Å². The zero-order valence-electron chi connectivity index (χ0n) is 11.1. The molecule has 0 amide bonds. The van der Waals surface area contributed by atoms with Gasteiger partial charge in [0, 0.05) is 5.56 Å². The predicted octanol–water partition coefficient (Wildman–Crippen LogP) is 3.27. The van der Waals surface area contributed by atoms with Crippen LogP contribution >= 0.6 is 22.9 Å². The van der Waals surface area contributed by atoms with Crippen LogP contribution in [0.2, 0.25) is 5.15 Å². The van der Waals surface area contributed by atoms with Gasteiger partial charge in [-0.2, -0.15) is 0 Å². The summed E-state index contributed by atoms with van der Waals surface area (Å²) in [5.74, 6) is 0.697. The van der Waals surface area contributed by atoms with Crippen LogP contribution in [0.4, 0.5) is 0 Å². The van der Waals surface area contributed by atoms with E-state index in [1.165, 1.54) is 7.11 Å². The van der Waals surface area contributed by atoms with E-state index in [1.807, 2.05) is 6.07 Å². The predicted molar refractivity (Wildman–Crippen MR) is 77.0 cm³/mol. The molecule has 0 atom stereocenters. The first-order valence-corrected chi connectivity index (χ1v) is 6.77. The van der Waals surface area contributed by atoms with Crippen molar-refractivity contribution in [2.75, 3.05) is 21.3 Å². The number of methoxy groups -OCH3 is 3. The fraction of sp³-hybridized carbons (Fsp3) is 0.231. The summed E-state index contributed by atoms with van der Waals surface area (Å²) < 4.78 is 15.1. The SMILES string of the molecule is COC(=O)c1sc(-c2ccc(OC)c(OC)c2)nc1Cl. The Morgan fingerprint density at radius 3 is 2.50 bits per heavy atom. The summed E-state index contributed by atoms with van der Waals surface area (Å²) in [5.41, 5.74) is 0.782. The Morgan fingerprint density at radius 2 is 1.90 bits per heavy atom. The molecule has 7 heteroatoms. The van der Waals surface area contributed by atoms with Crippen LogP contribution in [0.25, 0.3) is 10.6 Å². The number of carbonyl (C=O) groups excluding carboxylic acids is 1. The topological polar surface area (TPSA) is 57.7 Å². The summed E-state index contributed by atoms with van der Waals surface area (Å²) in [6.07, 6.45) is 0. The number of carbonyl (C=O) groups is 1. The normalized spacial score (nSPS) is 10.2. The van der Waals surface area contributed by atoms with E-state index in [-0.39, 0.29) is 10.0 Å². The van der Waals surface area contributed by atoms with Gasteiger partial charge >= 0.3 is 5.97 Å². The molecular formula is C13H12ClNO4S. The average molecular weight is 314 g/mol. The highest BCUT2D eigenvalue weighted by Crippen LogP contribution is 2.36. The third-order valence-electron chi connectivity index (χ3n) is 2.59. The van der Waals surface area contributed by atoms with Gasteiger partial charge in [-0.15, -0.1) is 11.3 Å². The highest BCUT2D eigenvalue weighted by atomic mass is 35.5. The van der Waals surface area contributed by atoms with Crippen molar-refractivity contribution < 1.29 is 19.0 Å². The Bertz CT molecular complexity index is 641. The van der Waals surface area contributed by atoms with E-state index < -0.39 is 5.97 Å². The molecule has 0 aliphatic carbocycles. The molecular weight excluding hydrogens is 302 g/mol. The van der Waals surface area contributed by atoms with Crippen molar-refractivity contribution in [2.45, 2.75) is 0 Å². The molecule has 0 N–H and O–H groups in total. The molecule has 1 heterocycles. The first kappa shape index (κ1) is 14.6. The Kier molecular flexibility index (Phi) is 4.46. The van der Waals surface area contributed by atoms with Gasteiger partial charge in [-0.3, -0.25) is 0 Å². The van der Waals surface area contributed by atoms with Gasteiger partial charge in [0.15, 0.2) is 21.5 Å². The van der Waals surface area contributed by atoms with Gasteiger partial charge in [-0.25, -0.2) is 9.78 Å². The largest absolute Gasteiger partial charge is 0.493 e. The van der Waals surface area contributed by atoms with Crippen LogP contribution in [-0.2, 0) is 4.74 Å². The molecule has 1 aromatic heterocycles. The third-order valence-corrected chi connectivity index (χ3v) is 4.06. The standard InChI is InChI=1S/C13H12ClNO4S/c1-17-8-5-4-7(6-9(8)18-2)12-15-11(14)10(20-12)13(16)19-3/h4-6H,1-3H3. The van der Waals surface area contributed by atoms with E-state index in [0.717, 1.165) is 16.9 Å². The average Bonchev–Trinajstić information content (AvgIpc) is 2.87. The monoisotopic (exact) mass is 313 g/mol. The minimum atomic E-state index is -0.501. The number of hydrogen-bond donors (Lipinski definition) is 0. The summed E-state index contributed by atoms with van der Waals surface area (Å²) in [7, 11) is 4.41. The molecule has 0 unspecified atom stereocenters. The molecule has 106 valence electrons. The molecule has 2 aromatic rings. The number of ether oxygens (including phenoxy) is 3. The van der Waals surface area contributed by atoms with Crippen molar-refractivity contribution in [1.82, 2.24) is 4.98 Å². The van der Waals surface area contributed by atoms with Gasteiger partial charge in [0.25, 0.3) is 0 Å². The molecule has 0 aliphatic heterocycles. The second kappa shape index (κ2) is 6.11. The van der Waals surface area contributed by atoms with Crippen LogP contribution in [0, 0.1) is 0 Å². The van der Waals surface area contributed by atoms with Crippen LogP contribution in [-0.4, -0.2) is 32.3 Å². The van der Waals surface area contributed by atoms with Crippen molar-refractivity contribution >= 4 is 28.9 Å². The van der Waals surface area contributed by atoms with E-state index in [2.05, 4.69) is 9.72 Å². The number of aromatic nitrogens is 1. The molecule has 0 radical (unpaired) electrons. The maximum absolute atomic E-state index is 11.5. The number of rotatable bonds is 4. The molecule has 1 aromatic carbocycles. The zero-order chi connectivity index (χ0) is 14.7. The molecule has 5 nitrogen and oxygen atoms in total. The first-order valence-electron chi connectivity index (χ1n) is 5.57. The lowest BCUT2D eigenvalue weighted by Gasteiger charge is -2.08. The van der Waals surface area contributed by atoms with Crippen LogP contribution in [0.3, 0.4) is 0 Å². The molecule has 2 rings (SSSR count). The fourth-order valence-corrected chi connectivity index (χ4v) is 2.81. The summed E-state index contributed by atoms with van der Waals surface area (Å²) in [6, 6.07) is 5.36. The van der Waals surface area contributed by atoms with E-state index in [1.54, 1.807) is 26.4 Å². The number of benzene rings is 1. The summed E-state index contributed by atoms with van der Waals surface area (Å²) in [6.45, 7) is 0.